The van der Waals surface area contributed by atoms with E-state index < -0.39 is 0 Å². The van der Waals surface area contributed by atoms with Crippen molar-refractivity contribution in [2.24, 2.45) is 0 Å². The summed E-state index contributed by atoms with van der Waals surface area (Å²) in [6.45, 7) is 9.65. The molecular weight excluding hydrogens is 268 g/mol. The van der Waals surface area contributed by atoms with Gasteiger partial charge in [-0.1, -0.05) is 6.42 Å². The Bertz CT molecular complexity index is 421. The number of aromatic nitrogens is 3. The van der Waals surface area contributed by atoms with Crippen LogP contribution in [0, 0.1) is 0 Å². The molecule has 0 aliphatic carbocycles. The first-order valence-corrected chi connectivity index (χ1v) is 7.81. The van der Waals surface area contributed by atoms with Crippen molar-refractivity contribution in [3.8, 4) is 6.01 Å². The number of nitrogens with zero attached hydrogens (tertiary/aromatic N) is 4. The van der Waals surface area contributed by atoms with Gasteiger partial charge in [0, 0.05) is 18.6 Å². The number of hydrogen-bond acceptors (Lipinski definition) is 7. The van der Waals surface area contributed by atoms with Gasteiger partial charge in [-0.15, -0.1) is 0 Å². The average Bonchev–Trinajstić information content (AvgIpc) is 2.44. The van der Waals surface area contributed by atoms with Crippen molar-refractivity contribution in [2.45, 2.75) is 59.0 Å². The number of anilines is 2. The quantitative estimate of drug-likeness (QED) is 0.833. The third-order valence-electron chi connectivity index (χ3n) is 3.65. The van der Waals surface area contributed by atoms with E-state index in [2.05, 4.69) is 44.6 Å². The molecule has 0 radical (unpaired) electrons. The zero-order valence-electron chi connectivity index (χ0n) is 13.4. The monoisotopic (exact) mass is 294 g/mol. The summed E-state index contributed by atoms with van der Waals surface area (Å²) in [5.41, 5.74) is 3.33. The van der Waals surface area contributed by atoms with E-state index >= 15 is 0 Å². The molecule has 118 valence electrons. The molecule has 1 fully saturated rings. The van der Waals surface area contributed by atoms with Gasteiger partial charge < -0.3 is 10.1 Å². The molecule has 21 heavy (non-hydrogen) atoms. The maximum Gasteiger partial charge on any atom is 0.323 e. The number of hydrazine groups is 1. The van der Waals surface area contributed by atoms with Gasteiger partial charge in [0.2, 0.25) is 11.9 Å². The first-order valence-electron chi connectivity index (χ1n) is 7.81. The molecule has 1 aliphatic heterocycles. The van der Waals surface area contributed by atoms with Gasteiger partial charge >= 0.3 is 6.01 Å². The molecule has 1 aromatic heterocycles. The van der Waals surface area contributed by atoms with Gasteiger partial charge in [0.25, 0.3) is 0 Å². The standard InChI is InChI=1S/C14H26N6O/c1-5-15-12-16-13(18-14(17-12)21-6-2)19-20-10(3)8-7-9-11(20)4/h10-11H,5-9H2,1-4H3,(H2,15,16,17,18,19). The van der Waals surface area contributed by atoms with Crippen molar-refractivity contribution in [1.82, 2.24) is 20.0 Å². The summed E-state index contributed by atoms with van der Waals surface area (Å²) in [5, 5.41) is 5.33. The molecule has 7 nitrogen and oxygen atoms in total. The van der Waals surface area contributed by atoms with Crippen molar-refractivity contribution >= 4 is 11.9 Å². The molecule has 0 saturated carbocycles. The minimum atomic E-state index is 0.350. The number of hydrogen-bond donors (Lipinski definition) is 2. The zero-order valence-corrected chi connectivity index (χ0v) is 13.4. The Kier molecular flexibility index (Phi) is 5.55. The fourth-order valence-corrected chi connectivity index (χ4v) is 2.59. The van der Waals surface area contributed by atoms with E-state index in [-0.39, 0.29) is 0 Å². The Balaban J connectivity index is 2.17. The first-order chi connectivity index (χ1) is 10.1. The minimum absolute atomic E-state index is 0.350. The molecule has 0 aromatic carbocycles. The lowest BCUT2D eigenvalue weighted by Crippen LogP contribution is -2.47. The third kappa shape index (κ3) is 4.17. The number of rotatable bonds is 6. The summed E-state index contributed by atoms with van der Waals surface area (Å²) < 4.78 is 5.42. The van der Waals surface area contributed by atoms with E-state index in [4.69, 9.17) is 4.74 Å². The molecule has 0 spiro atoms. The Morgan fingerprint density at radius 3 is 2.38 bits per heavy atom. The average molecular weight is 294 g/mol. The van der Waals surface area contributed by atoms with Crippen molar-refractivity contribution in [1.29, 1.82) is 0 Å². The van der Waals surface area contributed by atoms with E-state index in [1.54, 1.807) is 0 Å². The predicted octanol–water partition coefficient (Wildman–Crippen LogP) is 2.29. The topological polar surface area (TPSA) is 75.2 Å². The highest BCUT2D eigenvalue weighted by Crippen LogP contribution is 2.23. The molecule has 2 rings (SSSR count). The Morgan fingerprint density at radius 1 is 1.10 bits per heavy atom. The van der Waals surface area contributed by atoms with Crippen molar-refractivity contribution in [3.05, 3.63) is 0 Å². The van der Waals surface area contributed by atoms with Crippen LogP contribution in [-0.2, 0) is 0 Å². The molecular formula is C14H26N6O. The van der Waals surface area contributed by atoms with Crippen LogP contribution >= 0.6 is 0 Å². The molecule has 7 heteroatoms. The Labute approximate surface area is 126 Å². The maximum absolute atomic E-state index is 5.42. The number of piperidine rings is 1. The van der Waals surface area contributed by atoms with Gasteiger partial charge in [-0.3, -0.25) is 5.43 Å². The normalized spacial score (nSPS) is 22.9. The predicted molar refractivity (Wildman–Crippen MR) is 83.4 cm³/mol. The molecule has 2 unspecified atom stereocenters. The largest absolute Gasteiger partial charge is 0.464 e. The third-order valence-corrected chi connectivity index (χ3v) is 3.65. The summed E-state index contributed by atoms with van der Waals surface area (Å²) in [6.07, 6.45) is 3.63. The van der Waals surface area contributed by atoms with Crippen LogP contribution in [0.2, 0.25) is 0 Å². The maximum atomic E-state index is 5.42. The van der Waals surface area contributed by atoms with E-state index in [1.165, 1.54) is 19.3 Å². The number of nitrogens with one attached hydrogen (secondary N) is 2. The highest BCUT2D eigenvalue weighted by Gasteiger charge is 2.25. The van der Waals surface area contributed by atoms with Gasteiger partial charge in [0.05, 0.1) is 6.61 Å². The van der Waals surface area contributed by atoms with Crippen LogP contribution in [0.25, 0.3) is 0 Å². The smallest absolute Gasteiger partial charge is 0.323 e. The highest BCUT2D eigenvalue weighted by molar-refractivity contribution is 5.35. The molecule has 1 aromatic rings. The lowest BCUT2D eigenvalue weighted by Gasteiger charge is -2.38. The van der Waals surface area contributed by atoms with E-state index in [1.807, 2.05) is 13.8 Å². The van der Waals surface area contributed by atoms with Gasteiger partial charge in [-0.25, -0.2) is 5.01 Å². The molecule has 2 N–H and O–H groups in total. The highest BCUT2D eigenvalue weighted by atomic mass is 16.5. The minimum Gasteiger partial charge on any atom is -0.464 e. The van der Waals surface area contributed by atoms with Crippen molar-refractivity contribution in [3.63, 3.8) is 0 Å². The zero-order chi connectivity index (χ0) is 15.2. The van der Waals surface area contributed by atoms with Gasteiger partial charge in [0.1, 0.15) is 0 Å². The molecule has 2 atom stereocenters. The fraction of sp³-hybridized carbons (Fsp3) is 0.786. The van der Waals surface area contributed by atoms with Crippen LogP contribution in [0.15, 0.2) is 0 Å². The van der Waals surface area contributed by atoms with Crippen molar-refractivity contribution in [2.75, 3.05) is 23.9 Å². The SMILES string of the molecule is CCNc1nc(NN2C(C)CCCC2C)nc(OCC)n1. The Morgan fingerprint density at radius 2 is 1.76 bits per heavy atom. The van der Waals surface area contributed by atoms with E-state index in [0.29, 0.717) is 36.6 Å². The van der Waals surface area contributed by atoms with Gasteiger partial charge in [-0.05, 0) is 40.5 Å². The van der Waals surface area contributed by atoms with Gasteiger partial charge in [0.15, 0.2) is 0 Å². The summed E-state index contributed by atoms with van der Waals surface area (Å²) in [7, 11) is 0. The van der Waals surface area contributed by atoms with E-state index in [9.17, 15) is 0 Å². The first kappa shape index (κ1) is 15.8. The summed E-state index contributed by atoms with van der Waals surface area (Å²) in [4.78, 5) is 13.0. The van der Waals surface area contributed by atoms with Crippen LogP contribution in [-0.4, -0.2) is 45.2 Å². The van der Waals surface area contributed by atoms with Gasteiger partial charge in [-0.2, -0.15) is 15.0 Å². The van der Waals surface area contributed by atoms with E-state index in [0.717, 1.165) is 6.54 Å². The molecule has 2 heterocycles. The van der Waals surface area contributed by atoms with Crippen LogP contribution < -0.4 is 15.5 Å². The lowest BCUT2D eigenvalue weighted by molar-refractivity contribution is 0.134. The summed E-state index contributed by atoms with van der Waals surface area (Å²) >= 11 is 0. The molecule has 0 bridgehead atoms. The van der Waals surface area contributed by atoms with Crippen LogP contribution in [0.1, 0.15) is 47.0 Å². The molecule has 1 aliphatic rings. The Hall–Kier alpha value is -1.63. The summed E-state index contributed by atoms with van der Waals surface area (Å²) in [5.74, 6) is 1.07. The van der Waals surface area contributed by atoms with Crippen LogP contribution in [0.3, 0.4) is 0 Å². The fourth-order valence-electron chi connectivity index (χ4n) is 2.59. The second kappa shape index (κ2) is 7.40. The molecule has 0 amide bonds. The summed E-state index contributed by atoms with van der Waals surface area (Å²) in [6, 6.07) is 1.27. The lowest BCUT2D eigenvalue weighted by atomic mass is 10.00. The van der Waals surface area contributed by atoms with Crippen LogP contribution in [0.4, 0.5) is 11.9 Å². The van der Waals surface area contributed by atoms with Crippen LogP contribution in [0.5, 0.6) is 6.01 Å². The second-order valence-corrected chi connectivity index (χ2v) is 5.38. The number of ether oxygens (including phenoxy) is 1. The second-order valence-electron chi connectivity index (χ2n) is 5.38. The molecule has 1 saturated heterocycles. The van der Waals surface area contributed by atoms with Crippen molar-refractivity contribution < 1.29 is 4.74 Å².